The molecule has 0 amide bonds. The maximum atomic E-state index is 5.60. The number of anilines is 6. The van der Waals surface area contributed by atoms with Crippen LogP contribution in [-0.4, -0.2) is 51.5 Å². The fraction of sp³-hybridized carbons (Fsp3) is 0.250. The Morgan fingerprint density at radius 3 is 2.50 bits per heavy atom. The average Bonchev–Trinajstić information content (AvgIpc) is 3.47. The highest BCUT2D eigenvalue weighted by molar-refractivity contribution is 7.14. The van der Waals surface area contributed by atoms with E-state index in [9.17, 15) is 0 Å². The van der Waals surface area contributed by atoms with E-state index in [0.29, 0.717) is 36.2 Å². The number of nitrogen functional groups attached to an aromatic ring is 1. The number of rotatable bonds is 7. The van der Waals surface area contributed by atoms with Crippen LogP contribution in [0.15, 0.2) is 34.3 Å². The molecule has 0 unspecified atom stereocenters. The van der Waals surface area contributed by atoms with Crippen molar-refractivity contribution in [2.24, 2.45) is 0 Å². The molecule has 0 aromatic carbocycles. The van der Waals surface area contributed by atoms with E-state index in [-0.39, 0.29) is 0 Å². The van der Waals surface area contributed by atoms with Gasteiger partial charge in [-0.3, -0.25) is 14.9 Å². The van der Waals surface area contributed by atoms with Crippen LogP contribution in [0.1, 0.15) is 5.56 Å². The molecule has 0 saturated carbocycles. The Labute approximate surface area is 164 Å². The molecule has 0 atom stereocenters. The predicted molar refractivity (Wildman–Crippen MR) is 108 cm³/mol. The molecule has 12 heteroatoms. The minimum Gasteiger partial charge on any atom is -0.448 e. The maximum absolute atomic E-state index is 5.60. The second-order valence-electron chi connectivity index (χ2n) is 6.22. The number of furan rings is 1. The molecule has 4 heterocycles. The van der Waals surface area contributed by atoms with Gasteiger partial charge >= 0.3 is 0 Å². The lowest BCUT2D eigenvalue weighted by atomic mass is 10.3. The van der Waals surface area contributed by atoms with Crippen molar-refractivity contribution >= 4 is 46.0 Å². The minimum atomic E-state index is 0.291. The van der Waals surface area contributed by atoms with E-state index in [1.54, 1.807) is 22.5 Å². The molecule has 0 radical (unpaired) electrons. The molecule has 0 aliphatic carbocycles. The van der Waals surface area contributed by atoms with Gasteiger partial charge in [0.15, 0.2) is 0 Å². The number of hydrogen-bond acceptors (Lipinski definition) is 10. The largest absolute Gasteiger partial charge is 0.448 e. The molecule has 4 N–H and O–H groups in total. The van der Waals surface area contributed by atoms with Crippen molar-refractivity contribution in [1.29, 1.82) is 0 Å². The first-order chi connectivity index (χ1) is 13.5. The van der Waals surface area contributed by atoms with Gasteiger partial charge in [-0.15, -0.1) is 31.7 Å². The fourth-order valence-electron chi connectivity index (χ4n) is 2.62. The molecule has 4 rings (SSSR count). The van der Waals surface area contributed by atoms with Crippen LogP contribution in [0.5, 0.6) is 0 Å². The highest BCUT2D eigenvalue weighted by Crippen LogP contribution is 2.29. The molecule has 0 aliphatic rings. The molecule has 0 fully saturated rings. The fourth-order valence-corrected chi connectivity index (χ4v) is 3.50. The number of nitrogens with two attached hydrogens (primary N) is 1. The lowest BCUT2D eigenvalue weighted by Crippen LogP contribution is -2.17. The number of nitrogens with one attached hydrogen (secondary N) is 2. The monoisotopic (exact) mass is 400 g/mol. The van der Waals surface area contributed by atoms with Crippen LogP contribution in [0.3, 0.4) is 0 Å². The van der Waals surface area contributed by atoms with Crippen molar-refractivity contribution in [2.75, 3.05) is 41.6 Å². The number of hydrogen-bond donors (Lipinski definition) is 3. The summed E-state index contributed by atoms with van der Waals surface area (Å²) in [7, 11) is 5.72. The zero-order chi connectivity index (χ0) is 19.7. The maximum Gasteiger partial charge on any atom is 0.232 e. The van der Waals surface area contributed by atoms with Gasteiger partial charge in [-0.2, -0.15) is 0 Å². The van der Waals surface area contributed by atoms with Gasteiger partial charge in [0.25, 0.3) is 0 Å². The van der Waals surface area contributed by atoms with E-state index in [1.165, 1.54) is 0 Å². The molecule has 11 nitrogen and oxygen atoms in total. The van der Waals surface area contributed by atoms with Crippen LogP contribution in [0.2, 0.25) is 0 Å². The van der Waals surface area contributed by atoms with Crippen LogP contribution in [-0.2, 0) is 6.54 Å². The van der Waals surface area contributed by atoms with E-state index >= 15 is 0 Å². The summed E-state index contributed by atoms with van der Waals surface area (Å²) in [5.41, 5.74) is 6.74. The highest BCUT2D eigenvalue weighted by atomic mass is 32.1. The predicted octanol–water partition coefficient (Wildman–Crippen LogP) is 2.33. The third-order valence-corrected chi connectivity index (χ3v) is 5.23. The first kappa shape index (κ1) is 17.9. The van der Waals surface area contributed by atoms with Gasteiger partial charge in [-0.05, 0) is 23.1 Å². The van der Waals surface area contributed by atoms with Gasteiger partial charge in [-0.1, -0.05) is 0 Å². The van der Waals surface area contributed by atoms with Gasteiger partial charge in [0.2, 0.25) is 29.7 Å². The van der Waals surface area contributed by atoms with E-state index in [1.807, 2.05) is 43.1 Å². The zero-order valence-corrected chi connectivity index (χ0v) is 16.4. The number of aromatic amines is 2. The number of nitrogens with zero attached hydrogens (tertiary/aromatic N) is 7. The molecule has 28 heavy (non-hydrogen) atoms. The van der Waals surface area contributed by atoms with Gasteiger partial charge in [0.05, 0.1) is 11.3 Å². The van der Waals surface area contributed by atoms with Crippen LogP contribution >= 0.6 is 11.3 Å². The molecule has 146 valence electrons. The molecule has 4 aromatic heterocycles. The van der Waals surface area contributed by atoms with E-state index in [2.05, 4.69) is 41.8 Å². The van der Waals surface area contributed by atoms with Gasteiger partial charge in [0.1, 0.15) is 0 Å². The van der Waals surface area contributed by atoms with Crippen LogP contribution in [0.4, 0.5) is 34.7 Å². The first-order valence-electron chi connectivity index (χ1n) is 8.41. The van der Waals surface area contributed by atoms with Gasteiger partial charge < -0.3 is 20.0 Å². The smallest absolute Gasteiger partial charge is 0.232 e. The summed E-state index contributed by atoms with van der Waals surface area (Å²) >= 11 is 1.61. The van der Waals surface area contributed by atoms with Crippen molar-refractivity contribution in [3.63, 3.8) is 0 Å². The molecular formula is C16H20N10OS. The molecular weight excluding hydrogens is 380 g/mol. The Bertz CT molecular complexity index is 1040. The highest BCUT2D eigenvalue weighted by Gasteiger charge is 2.16. The second-order valence-corrected chi connectivity index (χ2v) is 7.11. The SMILES string of the molecule is CN(Cc1csc(N(C)c2nnc(N)[nH]2)c1)c1nnc(N(C)c2ccco2)[nH]1. The van der Waals surface area contributed by atoms with Gasteiger partial charge in [-0.25, -0.2) is 0 Å². The number of H-pyrrole nitrogens is 2. The minimum absolute atomic E-state index is 0.291. The van der Waals surface area contributed by atoms with Gasteiger partial charge in [0, 0.05) is 33.8 Å². The Hall–Kier alpha value is -3.54. The average molecular weight is 400 g/mol. The van der Waals surface area contributed by atoms with E-state index in [0.717, 1.165) is 10.6 Å². The summed E-state index contributed by atoms with van der Waals surface area (Å²) in [5, 5.41) is 19.3. The third-order valence-electron chi connectivity index (χ3n) is 4.18. The van der Waals surface area contributed by atoms with Crippen LogP contribution in [0.25, 0.3) is 0 Å². The summed E-state index contributed by atoms with van der Waals surface area (Å²) in [6, 6.07) is 5.77. The molecule has 0 aliphatic heterocycles. The Morgan fingerprint density at radius 1 is 1.04 bits per heavy atom. The van der Waals surface area contributed by atoms with E-state index in [4.69, 9.17) is 10.2 Å². The summed E-state index contributed by atoms with van der Waals surface area (Å²) in [6.07, 6.45) is 1.62. The Balaban J connectivity index is 1.43. The molecule has 0 bridgehead atoms. The normalized spacial score (nSPS) is 11.0. The standard InChI is InChI=1S/C16H20N10OS/c1-24(14-19-16(23-21-14)25(2)11-5-4-6-27-11)8-10-7-12(28-9-10)26(3)15-18-13(17)20-22-15/h4-7,9H,8H2,1-3H3,(H,19,21,23)(H3,17,18,20,22). The Morgan fingerprint density at radius 2 is 1.79 bits per heavy atom. The third kappa shape index (κ3) is 3.49. The molecule has 0 spiro atoms. The topological polar surface area (TPSA) is 132 Å². The van der Waals surface area contributed by atoms with Crippen LogP contribution < -0.4 is 20.4 Å². The Kier molecular flexibility index (Phi) is 4.61. The lowest BCUT2D eigenvalue weighted by Gasteiger charge is -2.15. The van der Waals surface area contributed by atoms with Crippen molar-refractivity contribution in [1.82, 2.24) is 30.4 Å². The lowest BCUT2D eigenvalue weighted by molar-refractivity contribution is 0.568. The van der Waals surface area contributed by atoms with Crippen molar-refractivity contribution < 1.29 is 4.42 Å². The quantitative estimate of drug-likeness (QED) is 0.427. The number of aromatic nitrogens is 6. The summed E-state index contributed by atoms with van der Waals surface area (Å²) in [5.74, 6) is 2.84. The van der Waals surface area contributed by atoms with Crippen molar-refractivity contribution in [3.8, 4) is 0 Å². The molecule has 4 aromatic rings. The summed E-state index contributed by atoms with van der Waals surface area (Å²) < 4.78 is 5.38. The van der Waals surface area contributed by atoms with E-state index < -0.39 is 0 Å². The molecule has 0 saturated heterocycles. The second kappa shape index (κ2) is 7.23. The van der Waals surface area contributed by atoms with Crippen molar-refractivity contribution in [3.05, 3.63) is 35.4 Å². The zero-order valence-electron chi connectivity index (χ0n) is 15.6. The number of thiophene rings is 1. The summed E-state index contributed by atoms with van der Waals surface area (Å²) in [4.78, 5) is 11.8. The van der Waals surface area contributed by atoms with Crippen LogP contribution in [0, 0.1) is 0 Å². The first-order valence-corrected chi connectivity index (χ1v) is 9.29. The van der Waals surface area contributed by atoms with Crippen molar-refractivity contribution in [2.45, 2.75) is 6.54 Å². The summed E-state index contributed by atoms with van der Waals surface area (Å²) in [6.45, 7) is 0.669.